The molecule has 3 aliphatic rings. The predicted molar refractivity (Wildman–Crippen MR) is 109 cm³/mol. The van der Waals surface area contributed by atoms with E-state index in [2.05, 4.69) is 4.98 Å². The van der Waals surface area contributed by atoms with Gasteiger partial charge in [0.05, 0.1) is 18.8 Å². The second-order valence-electron chi connectivity index (χ2n) is 8.24. The maximum absolute atomic E-state index is 13.6. The van der Waals surface area contributed by atoms with Gasteiger partial charge in [0.25, 0.3) is 11.9 Å². The van der Waals surface area contributed by atoms with Crippen molar-refractivity contribution in [2.24, 2.45) is 0 Å². The van der Waals surface area contributed by atoms with Gasteiger partial charge in [-0.2, -0.15) is 0 Å². The molecule has 2 aromatic rings. The van der Waals surface area contributed by atoms with Crippen molar-refractivity contribution in [3.63, 3.8) is 0 Å². The van der Waals surface area contributed by atoms with Gasteiger partial charge < -0.3 is 19.0 Å². The Morgan fingerprint density at radius 2 is 1.93 bits per heavy atom. The molecule has 0 bridgehead atoms. The van der Waals surface area contributed by atoms with Crippen molar-refractivity contribution >= 4 is 18.0 Å². The Morgan fingerprint density at radius 1 is 1.13 bits per heavy atom. The molecular weight excluding hydrogens is 384 g/mol. The first kappa shape index (κ1) is 19.1. The molecule has 1 aromatic carbocycles. The standard InChI is InChI=1S/C22H26N4O4/c27-19-22(8-11-24(12-9-22)20-23-10-14-30-20)26(15-17-5-2-1-3-6-17)21(28)25(19)16-18-7-4-13-29-18/h1-3,5-6,10,14,18H,4,7-9,11-13,15-16H2. The Kier molecular flexibility index (Phi) is 4.94. The van der Waals surface area contributed by atoms with Gasteiger partial charge in [0.2, 0.25) is 0 Å². The van der Waals surface area contributed by atoms with Crippen LogP contribution in [0.4, 0.5) is 10.8 Å². The summed E-state index contributed by atoms with van der Waals surface area (Å²) in [7, 11) is 0. The van der Waals surface area contributed by atoms with Gasteiger partial charge >= 0.3 is 6.03 Å². The van der Waals surface area contributed by atoms with E-state index in [-0.39, 0.29) is 18.0 Å². The van der Waals surface area contributed by atoms with Crippen molar-refractivity contribution in [3.8, 4) is 0 Å². The first-order chi connectivity index (χ1) is 14.7. The molecule has 5 rings (SSSR count). The maximum Gasteiger partial charge on any atom is 0.328 e. The smallest absolute Gasteiger partial charge is 0.328 e. The fourth-order valence-electron chi connectivity index (χ4n) is 4.84. The molecule has 8 nitrogen and oxygen atoms in total. The summed E-state index contributed by atoms with van der Waals surface area (Å²) in [6.45, 7) is 2.68. The second-order valence-corrected chi connectivity index (χ2v) is 8.24. The van der Waals surface area contributed by atoms with Crippen molar-refractivity contribution < 1.29 is 18.7 Å². The predicted octanol–water partition coefficient (Wildman–Crippen LogP) is 2.66. The number of ether oxygens (including phenoxy) is 1. The van der Waals surface area contributed by atoms with Crippen LogP contribution in [0.2, 0.25) is 0 Å². The molecule has 3 amide bonds. The molecule has 30 heavy (non-hydrogen) atoms. The Hall–Kier alpha value is -2.87. The number of nitrogens with zero attached hydrogens (tertiary/aromatic N) is 4. The first-order valence-electron chi connectivity index (χ1n) is 10.6. The minimum absolute atomic E-state index is 0.0565. The van der Waals surface area contributed by atoms with Crippen LogP contribution in [-0.4, -0.2) is 64.6 Å². The Labute approximate surface area is 175 Å². The number of carbonyl (C=O) groups excluding carboxylic acids is 2. The van der Waals surface area contributed by atoms with Crippen molar-refractivity contribution in [2.75, 3.05) is 31.1 Å². The maximum atomic E-state index is 13.6. The third-order valence-corrected chi connectivity index (χ3v) is 6.50. The van der Waals surface area contributed by atoms with Crippen LogP contribution >= 0.6 is 0 Å². The van der Waals surface area contributed by atoms with Gasteiger partial charge in [0, 0.05) is 26.2 Å². The summed E-state index contributed by atoms with van der Waals surface area (Å²) in [5.74, 6) is -0.0917. The molecular formula is C22H26N4O4. The van der Waals surface area contributed by atoms with E-state index >= 15 is 0 Å². The number of piperidine rings is 1. The lowest BCUT2D eigenvalue weighted by Gasteiger charge is -2.41. The van der Waals surface area contributed by atoms with E-state index in [0.29, 0.717) is 51.6 Å². The summed E-state index contributed by atoms with van der Waals surface area (Å²) in [6, 6.07) is 10.2. The van der Waals surface area contributed by atoms with Crippen LogP contribution in [0.15, 0.2) is 47.2 Å². The van der Waals surface area contributed by atoms with Crippen molar-refractivity contribution in [3.05, 3.63) is 48.4 Å². The Balaban J connectivity index is 1.41. The Morgan fingerprint density at radius 3 is 2.60 bits per heavy atom. The highest BCUT2D eigenvalue weighted by Gasteiger charge is 2.58. The molecule has 0 N–H and O–H groups in total. The van der Waals surface area contributed by atoms with Gasteiger partial charge in [0.1, 0.15) is 11.8 Å². The van der Waals surface area contributed by atoms with E-state index in [0.717, 1.165) is 18.4 Å². The molecule has 8 heteroatoms. The van der Waals surface area contributed by atoms with E-state index < -0.39 is 5.54 Å². The zero-order valence-electron chi connectivity index (χ0n) is 16.9. The summed E-state index contributed by atoms with van der Waals surface area (Å²) in [6.07, 6.45) is 6.08. The number of carbonyl (C=O) groups is 2. The number of urea groups is 1. The molecule has 0 aliphatic carbocycles. The lowest BCUT2D eigenvalue weighted by Crippen LogP contribution is -2.56. The second kappa shape index (κ2) is 7.75. The number of amides is 3. The number of rotatable bonds is 5. The number of aromatic nitrogens is 1. The third-order valence-electron chi connectivity index (χ3n) is 6.50. The van der Waals surface area contributed by atoms with Gasteiger partial charge in [-0.1, -0.05) is 30.3 Å². The zero-order chi connectivity index (χ0) is 20.6. The van der Waals surface area contributed by atoms with Crippen LogP contribution in [0, 0.1) is 0 Å². The molecule has 0 saturated carbocycles. The molecule has 158 valence electrons. The molecule has 0 radical (unpaired) electrons. The average molecular weight is 410 g/mol. The first-order valence-corrected chi connectivity index (χ1v) is 10.6. The quantitative estimate of drug-likeness (QED) is 0.705. The van der Waals surface area contributed by atoms with E-state index in [9.17, 15) is 9.59 Å². The van der Waals surface area contributed by atoms with Gasteiger partial charge in [0.15, 0.2) is 0 Å². The fraction of sp³-hybridized carbons (Fsp3) is 0.500. The van der Waals surface area contributed by atoms with Crippen molar-refractivity contribution in [2.45, 2.75) is 43.9 Å². The molecule has 1 aromatic heterocycles. The minimum Gasteiger partial charge on any atom is -0.432 e. The third kappa shape index (κ3) is 3.25. The van der Waals surface area contributed by atoms with Crippen LogP contribution in [-0.2, 0) is 16.1 Å². The number of benzene rings is 1. The van der Waals surface area contributed by atoms with E-state index in [1.165, 1.54) is 4.90 Å². The van der Waals surface area contributed by atoms with Crippen molar-refractivity contribution in [1.82, 2.24) is 14.8 Å². The summed E-state index contributed by atoms with van der Waals surface area (Å²) in [5.41, 5.74) is 0.196. The molecule has 3 fully saturated rings. The number of hydrogen-bond donors (Lipinski definition) is 0. The molecule has 1 unspecified atom stereocenters. The van der Waals surface area contributed by atoms with Crippen LogP contribution in [0.25, 0.3) is 0 Å². The lowest BCUT2D eigenvalue weighted by atomic mass is 9.85. The molecule has 1 spiro atoms. The van der Waals surface area contributed by atoms with Crippen molar-refractivity contribution in [1.29, 1.82) is 0 Å². The molecule has 3 aliphatic heterocycles. The molecule has 4 heterocycles. The minimum atomic E-state index is -0.825. The molecule has 1 atom stereocenters. The van der Waals surface area contributed by atoms with Gasteiger partial charge in [-0.25, -0.2) is 9.78 Å². The number of anilines is 1. The number of oxazole rings is 1. The topological polar surface area (TPSA) is 79.1 Å². The van der Waals surface area contributed by atoms with Crippen LogP contribution < -0.4 is 4.90 Å². The van der Waals surface area contributed by atoms with Crippen LogP contribution in [0.1, 0.15) is 31.2 Å². The fourth-order valence-corrected chi connectivity index (χ4v) is 4.84. The van der Waals surface area contributed by atoms with Gasteiger partial charge in [-0.3, -0.25) is 9.69 Å². The van der Waals surface area contributed by atoms with E-state index in [1.807, 2.05) is 35.2 Å². The highest BCUT2D eigenvalue weighted by atomic mass is 16.5. The lowest BCUT2D eigenvalue weighted by molar-refractivity contribution is -0.135. The summed E-state index contributed by atoms with van der Waals surface area (Å²) in [4.78, 5) is 36.5. The van der Waals surface area contributed by atoms with E-state index in [4.69, 9.17) is 9.15 Å². The normalized spacial score (nSPS) is 23.7. The van der Waals surface area contributed by atoms with E-state index in [1.54, 1.807) is 17.4 Å². The zero-order valence-corrected chi connectivity index (χ0v) is 16.9. The number of imide groups is 1. The average Bonchev–Trinajstić information content (AvgIpc) is 3.52. The Bertz CT molecular complexity index is 887. The largest absolute Gasteiger partial charge is 0.432 e. The van der Waals surface area contributed by atoms with Gasteiger partial charge in [-0.15, -0.1) is 0 Å². The summed E-state index contributed by atoms with van der Waals surface area (Å²) < 4.78 is 11.1. The SMILES string of the molecule is O=C1N(CC2CCCO2)C(=O)C2(CCN(c3ncco3)CC2)N1Cc1ccccc1. The highest BCUT2D eigenvalue weighted by Crippen LogP contribution is 2.39. The number of hydrogen-bond acceptors (Lipinski definition) is 6. The van der Waals surface area contributed by atoms with Gasteiger partial charge in [-0.05, 0) is 31.2 Å². The van der Waals surface area contributed by atoms with Crippen LogP contribution in [0.5, 0.6) is 0 Å². The monoisotopic (exact) mass is 410 g/mol. The highest BCUT2D eigenvalue weighted by molar-refractivity contribution is 6.07. The summed E-state index contributed by atoms with van der Waals surface area (Å²) >= 11 is 0. The van der Waals surface area contributed by atoms with Crippen LogP contribution in [0.3, 0.4) is 0 Å². The molecule has 3 saturated heterocycles. The summed E-state index contributed by atoms with van der Waals surface area (Å²) in [5, 5.41) is 0.